The van der Waals surface area contributed by atoms with E-state index in [0.29, 0.717) is 26.0 Å². The fourth-order valence-corrected chi connectivity index (χ4v) is 3.67. The summed E-state index contributed by atoms with van der Waals surface area (Å²) in [4.78, 5) is 21.5. The molecule has 2 aromatic rings. The van der Waals surface area contributed by atoms with E-state index in [0.717, 1.165) is 41.4 Å². The van der Waals surface area contributed by atoms with Gasteiger partial charge in [-0.05, 0) is 36.6 Å². The molecule has 0 radical (unpaired) electrons. The SMILES string of the molecule is CCNC1=NCc2cc(CC(=O)CC3COc4ccccc4C3)ncc21. The van der Waals surface area contributed by atoms with Crippen LogP contribution in [0.5, 0.6) is 5.75 Å². The second kappa shape index (κ2) is 7.28. The Kier molecular flexibility index (Phi) is 4.69. The summed E-state index contributed by atoms with van der Waals surface area (Å²) in [6, 6.07) is 10.1. The molecule has 1 unspecified atom stereocenters. The second-order valence-electron chi connectivity index (χ2n) is 6.94. The van der Waals surface area contributed by atoms with E-state index >= 15 is 0 Å². The van der Waals surface area contributed by atoms with Crippen LogP contribution in [0.4, 0.5) is 0 Å². The molecule has 0 spiro atoms. The summed E-state index contributed by atoms with van der Waals surface area (Å²) in [6.07, 6.45) is 3.65. The van der Waals surface area contributed by atoms with Crippen molar-refractivity contribution in [3.05, 3.63) is 58.9 Å². The first kappa shape index (κ1) is 16.8. The third-order valence-corrected chi connectivity index (χ3v) is 4.90. The fraction of sp³-hybridized carbons (Fsp3) is 0.381. The lowest BCUT2D eigenvalue weighted by molar-refractivity contribution is -0.119. The quantitative estimate of drug-likeness (QED) is 0.901. The molecule has 0 saturated heterocycles. The third-order valence-electron chi connectivity index (χ3n) is 4.90. The molecule has 0 aliphatic carbocycles. The van der Waals surface area contributed by atoms with E-state index in [1.807, 2.05) is 37.4 Å². The highest BCUT2D eigenvalue weighted by Gasteiger charge is 2.23. The summed E-state index contributed by atoms with van der Waals surface area (Å²) in [7, 11) is 0. The number of ether oxygens (including phenoxy) is 1. The van der Waals surface area contributed by atoms with E-state index < -0.39 is 0 Å². The van der Waals surface area contributed by atoms with Crippen LogP contribution in [-0.2, 0) is 24.2 Å². The van der Waals surface area contributed by atoms with Gasteiger partial charge in [-0.25, -0.2) is 0 Å². The lowest BCUT2D eigenvalue weighted by atomic mass is 9.91. The van der Waals surface area contributed by atoms with E-state index in [-0.39, 0.29) is 11.7 Å². The number of pyridine rings is 1. The Labute approximate surface area is 153 Å². The molecule has 5 nitrogen and oxygen atoms in total. The predicted octanol–water partition coefficient (Wildman–Crippen LogP) is 2.70. The topological polar surface area (TPSA) is 63.6 Å². The van der Waals surface area contributed by atoms with E-state index in [9.17, 15) is 4.79 Å². The molecule has 1 aromatic carbocycles. The first-order chi connectivity index (χ1) is 12.7. The summed E-state index contributed by atoms with van der Waals surface area (Å²) in [5.74, 6) is 2.32. The molecule has 5 heteroatoms. The van der Waals surface area contributed by atoms with Crippen LogP contribution in [0.25, 0.3) is 0 Å². The van der Waals surface area contributed by atoms with E-state index in [1.54, 1.807) is 0 Å². The maximum absolute atomic E-state index is 12.5. The van der Waals surface area contributed by atoms with Crippen LogP contribution in [0.15, 0.2) is 41.5 Å². The van der Waals surface area contributed by atoms with E-state index in [1.165, 1.54) is 5.56 Å². The summed E-state index contributed by atoms with van der Waals surface area (Å²) in [6.45, 7) is 4.16. The molecule has 26 heavy (non-hydrogen) atoms. The van der Waals surface area contributed by atoms with Gasteiger partial charge in [0, 0.05) is 42.8 Å². The Morgan fingerprint density at radius 1 is 1.31 bits per heavy atom. The molecular formula is C21H23N3O2. The van der Waals surface area contributed by atoms with Crippen LogP contribution >= 0.6 is 0 Å². The highest BCUT2D eigenvalue weighted by molar-refractivity contribution is 6.01. The molecule has 134 valence electrons. The molecule has 0 amide bonds. The minimum atomic E-state index is 0.219. The molecular weight excluding hydrogens is 326 g/mol. The number of nitrogens with one attached hydrogen (secondary N) is 1. The second-order valence-corrected chi connectivity index (χ2v) is 6.94. The van der Waals surface area contributed by atoms with Gasteiger partial charge in [0.25, 0.3) is 0 Å². The van der Waals surface area contributed by atoms with Gasteiger partial charge in [-0.2, -0.15) is 0 Å². The standard InChI is InChI=1S/C21H23N3O2/c1-2-22-21-19-12-23-17(9-16(19)11-24-21)10-18(25)8-14-7-15-5-3-4-6-20(15)26-13-14/h3-6,9,12,14H,2,7-8,10-11,13H2,1H3,(H,22,24). The Balaban J connectivity index is 1.36. The van der Waals surface area contributed by atoms with Gasteiger partial charge >= 0.3 is 0 Å². The van der Waals surface area contributed by atoms with Gasteiger partial charge in [-0.3, -0.25) is 14.8 Å². The van der Waals surface area contributed by atoms with Crippen molar-refractivity contribution in [3.63, 3.8) is 0 Å². The van der Waals surface area contributed by atoms with Gasteiger partial charge in [0.05, 0.1) is 13.2 Å². The lowest BCUT2D eigenvalue weighted by Gasteiger charge is -2.24. The van der Waals surface area contributed by atoms with Gasteiger partial charge in [0.2, 0.25) is 0 Å². The number of amidine groups is 1. The molecule has 1 aromatic heterocycles. The Morgan fingerprint density at radius 3 is 3.08 bits per heavy atom. The van der Waals surface area contributed by atoms with Crippen molar-refractivity contribution in [2.45, 2.75) is 32.7 Å². The number of hydrogen-bond acceptors (Lipinski definition) is 5. The zero-order valence-electron chi connectivity index (χ0n) is 15.0. The number of ketones is 1. The third kappa shape index (κ3) is 3.47. The normalized spacial score (nSPS) is 17.7. The van der Waals surface area contributed by atoms with Gasteiger partial charge in [-0.1, -0.05) is 18.2 Å². The number of rotatable bonds is 5. The summed E-state index contributed by atoms with van der Waals surface area (Å²) in [5, 5.41) is 3.25. The smallest absolute Gasteiger partial charge is 0.139 e. The van der Waals surface area contributed by atoms with Gasteiger partial charge < -0.3 is 10.1 Å². The maximum atomic E-state index is 12.5. The van der Waals surface area contributed by atoms with Crippen LogP contribution < -0.4 is 10.1 Å². The lowest BCUT2D eigenvalue weighted by Crippen LogP contribution is -2.24. The highest BCUT2D eigenvalue weighted by Crippen LogP contribution is 2.28. The first-order valence-corrected chi connectivity index (χ1v) is 9.22. The number of aromatic nitrogens is 1. The van der Waals surface area contributed by atoms with Crippen molar-refractivity contribution in [1.29, 1.82) is 0 Å². The van der Waals surface area contributed by atoms with Crippen LogP contribution in [0.2, 0.25) is 0 Å². The van der Waals surface area contributed by atoms with Crippen LogP contribution in [0.1, 0.15) is 35.7 Å². The van der Waals surface area contributed by atoms with Crippen molar-refractivity contribution in [3.8, 4) is 5.75 Å². The van der Waals surface area contributed by atoms with Crippen molar-refractivity contribution >= 4 is 11.6 Å². The number of fused-ring (bicyclic) bond motifs is 2. The van der Waals surface area contributed by atoms with Crippen LogP contribution in [0, 0.1) is 5.92 Å². The van der Waals surface area contributed by atoms with Crippen LogP contribution in [-0.4, -0.2) is 29.8 Å². The van der Waals surface area contributed by atoms with Crippen molar-refractivity contribution in [1.82, 2.24) is 10.3 Å². The number of aliphatic imine (C=N–C) groups is 1. The fourth-order valence-electron chi connectivity index (χ4n) is 3.67. The number of carbonyl (C=O) groups is 1. The van der Waals surface area contributed by atoms with Gasteiger partial charge in [0.1, 0.15) is 17.4 Å². The number of nitrogens with zero attached hydrogens (tertiary/aromatic N) is 2. The molecule has 2 aliphatic rings. The average molecular weight is 349 g/mol. The summed E-state index contributed by atoms with van der Waals surface area (Å²) < 4.78 is 5.79. The minimum Gasteiger partial charge on any atom is -0.493 e. The zero-order chi connectivity index (χ0) is 17.9. The maximum Gasteiger partial charge on any atom is 0.139 e. The molecule has 1 atom stereocenters. The monoisotopic (exact) mass is 349 g/mol. The molecule has 0 bridgehead atoms. The molecule has 0 fully saturated rings. The number of para-hydroxylation sites is 1. The number of benzene rings is 1. The molecule has 4 rings (SSSR count). The number of Topliss-reactive ketones (excluding diaryl/α,β-unsaturated/α-hetero) is 1. The molecule has 0 saturated carbocycles. The number of hydrogen-bond donors (Lipinski definition) is 1. The molecule has 2 aliphatic heterocycles. The van der Waals surface area contributed by atoms with E-state index in [2.05, 4.69) is 21.4 Å². The summed E-state index contributed by atoms with van der Waals surface area (Å²) in [5.41, 5.74) is 4.23. The van der Waals surface area contributed by atoms with Crippen molar-refractivity contribution in [2.24, 2.45) is 10.9 Å². The Bertz CT molecular complexity index is 860. The van der Waals surface area contributed by atoms with Gasteiger partial charge in [0.15, 0.2) is 0 Å². The van der Waals surface area contributed by atoms with Crippen LogP contribution in [0.3, 0.4) is 0 Å². The zero-order valence-corrected chi connectivity index (χ0v) is 15.0. The van der Waals surface area contributed by atoms with Gasteiger partial charge in [-0.15, -0.1) is 0 Å². The largest absolute Gasteiger partial charge is 0.493 e. The average Bonchev–Trinajstić information content (AvgIpc) is 3.04. The Morgan fingerprint density at radius 2 is 2.19 bits per heavy atom. The van der Waals surface area contributed by atoms with Crippen molar-refractivity contribution in [2.75, 3.05) is 13.2 Å². The summed E-state index contributed by atoms with van der Waals surface area (Å²) >= 11 is 0. The van der Waals surface area contributed by atoms with Crippen molar-refractivity contribution < 1.29 is 9.53 Å². The predicted molar refractivity (Wildman–Crippen MR) is 101 cm³/mol. The minimum absolute atomic E-state index is 0.219. The highest BCUT2D eigenvalue weighted by atomic mass is 16.5. The number of carbonyl (C=O) groups excluding carboxylic acids is 1. The first-order valence-electron chi connectivity index (χ1n) is 9.22. The molecule has 3 heterocycles. The Hall–Kier alpha value is -2.69. The van der Waals surface area contributed by atoms with E-state index in [4.69, 9.17) is 4.74 Å². The molecule has 1 N–H and O–H groups in total.